The molecule has 0 amide bonds. The number of anilines is 1. The Bertz CT molecular complexity index is 940. The van der Waals surface area contributed by atoms with Crippen LogP contribution in [-0.4, -0.2) is 65.8 Å². The molecule has 0 spiro atoms. The van der Waals surface area contributed by atoms with Gasteiger partial charge in [-0.2, -0.15) is 0 Å². The monoisotopic (exact) mass is 381 g/mol. The van der Waals surface area contributed by atoms with Gasteiger partial charge in [-0.15, -0.1) is 10.2 Å². The summed E-state index contributed by atoms with van der Waals surface area (Å²) in [7, 11) is 2.12. The van der Waals surface area contributed by atoms with Gasteiger partial charge in [0.05, 0.1) is 12.9 Å². The lowest BCUT2D eigenvalue weighted by Gasteiger charge is -2.33. The van der Waals surface area contributed by atoms with Crippen molar-refractivity contribution in [2.45, 2.75) is 44.6 Å². The number of rotatable bonds is 4. The highest BCUT2D eigenvalue weighted by molar-refractivity contribution is 5.82. The molecular weight excluding hydrogens is 354 g/mol. The fraction of sp³-hybridized carbons (Fsp3) is 0.632. The quantitative estimate of drug-likeness (QED) is 0.737. The summed E-state index contributed by atoms with van der Waals surface area (Å²) < 4.78 is 2.22. The zero-order valence-corrected chi connectivity index (χ0v) is 16.4. The van der Waals surface area contributed by atoms with Gasteiger partial charge < -0.3 is 14.5 Å². The number of piperidine rings is 2. The average molecular weight is 381 g/mol. The molecule has 0 saturated carbocycles. The number of imidazole rings is 1. The maximum atomic E-state index is 4.59. The van der Waals surface area contributed by atoms with Crippen LogP contribution in [0, 0.1) is 0 Å². The van der Waals surface area contributed by atoms with E-state index in [0.717, 1.165) is 61.1 Å². The van der Waals surface area contributed by atoms with Crippen LogP contribution in [0.25, 0.3) is 11.2 Å². The van der Waals surface area contributed by atoms with Gasteiger partial charge in [-0.1, -0.05) is 6.42 Å². The standard InChI is InChI=1S/C19H27N9/c1-26-15(11-27-7-3-2-4-8-27)24-25-18(26)14-6-5-9-28(10-14)19-16-17(21-12-20-16)22-13-23-19/h12-14H,2-11H2,1H3,(H,20,21,22,23)/t14-/m0/s1. The van der Waals surface area contributed by atoms with E-state index in [0.29, 0.717) is 5.92 Å². The molecular formula is C19H27N9. The summed E-state index contributed by atoms with van der Waals surface area (Å²) in [4.78, 5) is 21.0. The molecule has 0 aromatic carbocycles. The first-order valence-corrected chi connectivity index (χ1v) is 10.3. The second-order valence-electron chi connectivity index (χ2n) is 7.95. The molecule has 2 aliphatic rings. The lowest BCUT2D eigenvalue weighted by molar-refractivity contribution is 0.213. The van der Waals surface area contributed by atoms with Crippen LogP contribution in [0.2, 0.25) is 0 Å². The van der Waals surface area contributed by atoms with Crippen molar-refractivity contribution in [2.24, 2.45) is 7.05 Å². The molecule has 0 unspecified atom stereocenters. The van der Waals surface area contributed by atoms with Gasteiger partial charge in [0.2, 0.25) is 0 Å². The van der Waals surface area contributed by atoms with Crippen molar-refractivity contribution in [3.05, 3.63) is 24.3 Å². The Morgan fingerprint density at radius 3 is 2.82 bits per heavy atom. The highest BCUT2D eigenvalue weighted by Gasteiger charge is 2.28. The minimum absolute atomic E-state index is 0.356. The maximum absolute atomic E-state index is 4.59. The molecule has 28 heavy (non-hydrogen) atoms. The van der Waals surface area contributed by atoms with Crippen LogP contribution in [0.5, 0.6) is 0 Å². The van der Waals surface area contributed by atoms with Crippen molar-refractivity contribution < 1.29 is 0 Å². The van der Waals surface area contributed by atoms with Gasteiger partial charge in [0.25, 0.3) is 0 Å². The number of fused-ring (bicyclic) bond motifs is 1. The Labute approximate surface area is 164 Å². The molecule has 148 valence electrons. The third kappa shape index (κ3) is 3.23. The smallest absolute Gasteiger partial charge is 0.182 e. The van der Waals surface area contributed by atoms with Crippen LogP contribution in [-0.2, 0) is 13.6 Å². The topological polar surface area (TPSA) is 91.7 Å². The first kappa shape index (κ1) is 17.5. The van der Waals surface area contributed by atoms with Gasteiger partial charge in [0, 0.05) is 26.1 Å². The summed E-state index contributed by atoms with van der Waals surface area (Å²) in [5.74, 6) is 3.45. The van der Waals surface area contributed by atoms with Crippen molar-refractivity contribution in [1.82, 2.24) is 39.6 Å². The number of nitrogens with one attached hydrogen (secondary N) is 1. The second kappa shape index (κ2) is 7.46. The average Bonchev–Trinajstić information content (AvgIpc) is 3.36. The van der Waals surface area contributed by atoms with Crippen molar-refractivity contribution in [3.63, 3.8) is 0 Å². The minimum Gasteiger partial charge on any atom is -0.354 e. The molecule has 2 aliphatic heterocycles. The van der Waals surface area contributed by atoms with Crippen molar-refractivity contribution in [3.8, 4) is 0 Å². The normalized spacial score (nSPS) is 21.5. The third-order valence-corrected chi connectivity index (χ3v) is 6.10. The third-order valence-electron chi connectivity index (χ3n) is 6.10. The second-order valence-corrected chi connectivity index (χ2v) is 7.95. The largest absolute Gasteiger partial charge is 0.354 e. The fourth-order valence-electron chi connectivity index (χ4n) is 4.56. The molecule has 9 nitrogen and oxygen atoms in total. The van der Waals surface area contributed by atoms with Gasteiger partial charge in [0.1, 0.15) is 23.5 Å². The molecule has 1 N–H and O–H groups in total. The fourth-order valence-corrected chi connectivity index (χ4v) is 4.56. The van der Waals surface area contributed by atoms with Gasteiger partial charge in [-0.25, -0.2) is 15.0 Å². The number of hydrogen-bond acceptors (Lipinski definition) is 7. The first-order valence-electron chi connectivity index (χ1n) is 10.3. The Balaban J connectivity index is 1.34. The summed E-state index contributed by atoms with van der Waals surface area (Å²) in [5, 5.41) is 9.13. The van der Waals surface area contributed by atoms with E-state index < -0.39 is 0 Å². The zero-order chi connectivity index (χ0) is 18.9. The molecule has 2 fully saturated rings. The Morgan fingerprint density at radius 2 is 1.93 bits per heavy atom. The molecule has 5 heterocycles. The summed E-state index contributed by atoms with van der Waals surface area (Å²) in [6, 6.07) is 0. The van der Waals surface area contributed by atoms with Crippen LogP contribution in [0.1, 0.15) is 49.7 Å². The molecule has 0 bridgehead atoms. The number of H-pyrrole nitrogens is 1. The SMILES string of the molecule is Cn1c(CN2CCCCC2)nnc1[C@H]1CCCN(c2ncnc3nc[nH]c23)C1. The molecule has 1 atom stereocenters. The summed E-state index contributed by atoms with van der Waals surface area (Å²) in [6.07, 6.45) is 9.46. The van der Waals surface area contributed by atoms with E-state index in [9.17, 15) is 0 Å². The van der Waals surface area contributed by atoms with Gasteiger partial charge in [0.15, 0.2) is 11.5 Å². The van der Waals surface area contributed by atoms with Crippen molar-refractivity contribution >= 4 is 17.0 Å². The Morgan fingerprint density at radius 1 is 1.04 bits per heavy atom. The van der Waals surface area contributed by atoms with E-state index in [1.165, 1.54) is 32.4 Å². The lowest BCUT2D eigenvalue weighted by atomic mass is 9.97. The van der Waals surface area contributed by atoms with E-state index in [4.69, 9.17) is 0 Å². The first-order chi connectivity index (χ1) is 13.8. The Kier molecular flexibility index (Phi) is 4.67. The van der Waals surface area contributed by atoms with E-state index in [-0.39, 0.29) is 0 Å². The van der Waals surface area contributed by atoms with E-state index in [2.05, 4.69) is 51.5 Å². The van der Waals surface area contributed by atoms with Crippen LogP contribution >= 0.6 is 0 Å². The minimum atomic E-state index is 0.356. The number of hydrogen-bond donors (Lipinski definition) is 1. The van der Waals surface area contributed by atoms with E-state index >= 15 is 0 Å². The summed E-state index contributed by atoms with van der Waals surface area (Å²) in [6.45, 7) is 5.13. The molecule has 0 aliphatic carbocycles. The zero-order valence-electron chi connectivity index (χ0n) is 16.4. The predicted molar refractivity (Wildman–Crippen MR) is 106 cm³/mol. The van der Waals surface area contributed by atoms with Gasteiger partial charge in [-0.3, -0.25) is 4.90 Å². The van der Waals surface area contributed by atoms with Crippen molar-refractivity contribution in [2.75, 3.05) is 31.1 Å². The highest BCUT2D eigenvalue weighted by Crippen LogP contribution is 2.30. The highest BCUT2D eigenvalue weighted by atomic mass is 15.3. The molecule has 3 aromatic rings. The number of aromatic amines is 1. The summed E-state index contributed by atoms with van der Waals surface area (Å²) >= 11 is 0. The summed E-state index contributed by atoms with van der Waals surface area (Å²) in [5.41, 5.74) is 1.63. The Hall–Kier alpha value is -2.55. The maximum Gasteiger partial charge on any atom is 0.182 e. The van der Waals surface area contributed by atoms with Crippen LogP contribution in [0.4, 0.5) is 5.82 Å². The van der Waals surface area contributed by atoms with Crippen LogP contribution in [0.3, 0.4) is 0 Å². The number of nitrogens with zero attached hydrogens (tertiary/aromatic N) is 8. The van der Waals surface area contributed by atoms with Crippen LogP contribution in [0.15, 0.2) is 12.7 Å². The molecule has 9 heteroatoms. The molecule has 3 aromatic heterocycles. The number of likely N-dealkylation sites (tertiary alicyclic amines) is 1. The van der Waals surface area contributed by atoms with E-state index in [1.54, 1.807) is 12.7 Å². The van der Waals surface area contributed by atoms with Crippen LogP contribution < -0.4 is 4.90 Å². The number of aromatic nitrogens is 7. The predicted octanol–water partition coefficient (Wildman–Crippen LogP) is 1.85. The van der Waals surface area contributed by atoms with Gasteiger partial charge >= 0.3 is 0 Å². The molecule has 0 radical (unpaired) electrons. The molecule has 5 rings (SSSR count). The van der Waals surface area contributed by atoms with E-state index in [1.807, 2.05) is 0 Å². The van der Waals surface area contributed by atoms with Gasteiger partial charge in [-0.05, 0) is 38.8 Å². The van der Waals surface area contributed by atoms with Crippen molar-refractivity contribution in [1.29, 1.82) is 0 Å². The lowest BCUT2D eigenvalue weighted by Crippen LogP contribution is -2.36. The molecule has 2 saturated heterocycles.